The van der Waals surface area contributed by atoms with Gasteiger partial charge in [0.2, 0.25) is 0 Å². The van der Waals surface area contributed by atoms with Crippen LogP contribution in [0.4, 0.5) is 5.82 Å². The van der Waals surface area contributed by atoms with Crippen molar-refractivity contribution in [2.45, 2.75) is 51.2 Å². The first kappa shape index (κ1) is 21.2. The van der Waals surface area contributed by atoms with Crippen molar-refractivity contribution in [3.8, 4) is 0 Å². The minimum Gasteiger partial charge on any atom is -0.376 e. The highest BCUT2D eigenvalue weighted by Crippen LogP contribution is 2.17. The summed E-state index contributed by atoms with van der Waals surface area (Å²) in [6, 6.07) is 4.30. The number of aromatic nitrogens is 1. The van der Waals surface area contributed by atoms with Crippen LogP contribution in [0.5, 0.6) is 0 Å². The number of hydrogen-bond acceptors (Lipinski definition) is 4. The van der Waals surface area contributed by atoms with E-state index >= 15 is 0 Å². The Morgan fingerprint density at radius 1 is 1.19 bits per heavy atom. The topological polar surface area (TPSA) is 61.8 Å². The fourth-order valence-corrected chi connectivity index (χ4v) is 3.43. The van der Waals surface area contributed by atoms with Gasteiger partial charge in [-0.25, -0.2) is 4.98 Å². The summed E-state index contributed by atoms with van der Waals surface area (Å²) in [4.78, 5) is 11.3. The molecule has 2 aliphatic rings. The first-order valence-corrected chi connectivity index (χ1v) is 9.61. The summed E-state index contributed by atoms with van der Waals surface area (Å²) in [7, 11) is 1.80. The molecule has 0 aromatic carbocycles. The molecule has 0 amide bonds. The van der Waals surface area contributed by atoms with Gasteiger partial charge in [-0.05, 0) is 37.3 Å². The molecule has 1 unspecified atom stereocenters. The maximum atomic E-state index is 5.63. The lowest BCUT2D eigenvalue weighted by Crippen LogP contribution is -2.40. The summed E-state index contributed by atoms with van der Waals surface area (Å²) >= 11 is 0. The van der Waals surface area contributed by atoms with Crippen LogP contribution in [0.2, 0.25) is 0 Å². The van der Waals surface area contributed by atoms with Gasteiger partial charge in [0, 0.05) is 46.0 Å². The normalized spacial score (nSPS) is 21.0. The van der Waals surface area contributed by atoms with E-state index in [9.17, 15) is 0 Å². The van der Waals surface area contributed by atoms with Gasteiger partial charge in [0.15, 0.2) is 5.96 Å². The Hall–Kier alpha value is -1.09. The molecule has 2 N–H and O–H groups in total. The molecule has 3 rings (SSSR count). The number of pyridine rings is 1. The number of halogens is 1. The highest BCUT2D eigenvalue weighted by atomic mass is 127. The second-order valence-corrected chi connectivity index (χ2v) is 6.87. The summed E-state index contributed by atoms with van der Waals surface area (Å²) in [5, 5.41) is 6.69. The summed E-state index contributed by atoms with van der Waals surface area (Å²) in [6.45, 7) is 4.67. The van der Waals surface area contributed by atoms with Crippen LogP contribution < -0.4 is 15.5 Å². The summed E-state index contributed by atoms with van der Waals surface area (Å²) in [5.74, 6) is 1.92. The predicted octanol–water partition coefficient (Wildman–Crippen LogP) is 2.92. The molecule has 1 aromatic heterocycles. The molecule has 2 fully saturated rings. The third-order valence-electron chi connectivity index (χ3n) is 4.94. The molecule has 0 bridgehead atoms. The zero-order valence-electron chi connectivity index (χ0n) is 15.7. The summed E-state index contributed by atoms with van der Waals surface area (Å²) in [6.07, 6.45) is 9.82. The predicted molar refractivity (Wildman–Crippen MR) is 118 cm³/mol. The number of aliphatic imine (C=N–C) groups is 1. The monoisotopic (exact) mass is 473 g/mol. The number of hydrogen-bond donors (Lipinski definition) is 2. The van der Waals surface area contributed by atoms with Gasteiger partial charge in [0.25, 0.3) is 0 Å². The van der Waals surface area contributed by atoms with Crippen molar-refractivity contribution in [2.75, 3.05) is 38.2 Å². The number of rotatable bonds is 5. The van der Waals surface area contributed by atoms with E-state index in [1.807, 2.05) is 6.20 Å². The van der Waals surface area contributed by atoms with Crippen LogP contribution in [-0.2, 0) is 11.3 Å². The molecule has 1 atom stereocenters. The first-order chi connectivity index (χ1) is 12.3. The van der Waals surface area contributed by atoms with Gasteiger partial charge in [-0.1, -0.05) is 18.9 Å². The van der Waals surface area contributed by atoms with Crippen LogP contribution in [0.1, 0.15) is 44.1 Å². The molecule has 146 valence electrons. The Balaban J connectivity index is 0.00000243. The van der Waals surface area contributed by atoms with E-state index in [1.54, 1.807) is 7.05 Å². The molecule has 0 aliphatic carbocycles. The zero-order valence-corrected chi connectivity index (χ0v) is 18.1. The second kappa shape index (κ2) is 11.6. The molecule has 0 radical (unpaired) electrons. The molecule has 26 heavy (non-hydrogen) atoms. The van der Waals surface area contributed by atoms with E-state index in [4.69, 9.17) is 4.74 Å². The van der Waals surface area contributed by atoms with Crippen molar-refractivity contribution >= 4 is 35.8 Å². The molecule has 0 spiro atoms. The SMILES string of the molecule is CN=C(NCc1ccc(N2CCCCCC2)nc1)NCC1CCCO1.I. The Kier molecular flexibility index (Phi) is 9.45. The molecular formula is C19H32IN5O. The van der Waals surface area contributed by atoms with Crippen LogP contribution in [0, 0.1) is 0 Å². The Morgan fingerprint density at radius 2 is 2.00 bits per heavy atom. The maximum absolute atomic E-state index is 5.63. The average Bonchev–Trinajstić information content (AvgIpc) is 3.03. The van der Waals surface area contributed by atoms with E-state index in [0.29, 0.717) is 6.10 Å². The molecule has 2 saturated heterocycles. The minimum absolute atomic E-state index is 0. The molecule has 1 aromatic rings. The third-order valence-corrected chi connectivity index (χ3v) is 4.94. The first-order valence-electron chi connectivity index (χ1n) is 9.61. The second-order valence-electron chi connectivity index (χ2n) is 6.87. The number of ether oxygens (including phenoxy) is 1. The van der Waals surface area contributed by atoms with Crippen LogP contribution in [0.3, 0.4) is 0 Å². The van der Waals surface area contributed by atoms with Crippen molar-refractivity contribution in [1.29, 1.82) is 0 Å². The Labute approximate surface area is 174 Å². The van der Waals surface area contributed by atoms with E-state index in [1.165, 1.54) is 31.2 Å². The Morgan fingerprint density at radius 3 is 2.62 bits per heavy atom. The van der Waals surface area contributed by atoms with Crippen LogP contribution >= 0.6 is 24.0 Å². The van der Waals surface area contributed by atoms with Crippen molar-refractivity contribution < 1.29 is 4.74 Å². The van der Waals surface area contributed by atoms with Gasteiger partial charge < -0.3 is 20.3 Å². The molecule has 6 nitrogen and oxygen atoms in total. The zero-order chi connectivity index (χ0) is 17.3. The average molecular weight is 473 g/mol. The number of anilines is 1. The lowest BCUT2D eigenvalue weighted by atomic mass is 10.2. The minimum atomic E-state index is 0. The van der Waals surface area contributed by atoms with E-state index in [2.05, 4.69) is 37.6 Å². The van der Waals surface area contributed by atoms with Crippen molar-refractivity contribution in [2.24, 2.45) is 4.99 Å². The smallest absolute Gasteiger partial charge is 0.191 e. The quantitative estimate of drug-likeness (QED) is 0.391. The van der Waals surface area contributed by atoms with E-state index in [0.717, 1.165) is 57.4 Å². The van der Waals surface area contributed by atoms with Gasteiger partial charge in [0.05, 0.1) is 6.10 Å². The third kappa shape index (κ3) is 6.57. The van der Waals surface area contributed by atoms with Gasteiger partial charge in [-0.2, -0.15) is 0 Å². The highest BCUT2D eigenvalue weighted by Gasteiger charge is 2.15. The highest BCUT2D eigenvalue weighted by molar-refractivity contribution is 14.0. The molecule has 7 heteroatoms. The lowest BCUT2D eigenvalue weighted by molar-refractivity contribution is 0.114. The number of nitrogens with zero attached hydrogens (tertiary/aromatic N) is 3. The number of guanidine groups is 1. The van der Waals surface area contributed by atoms with E-state index in [-0.39, 0.29) is 24.0 Å². The van der Waals surface area contributed by atoms with Gasteiger partial charge >= 0.3 is 0 Å². The largest absolute Gasteiger partial charge is 0.376 e. The Bertz CT molecular complexity index is 537. The van der Waals surface area contributed by atoms with Gasteiger partial charge in [-0.3, -0.25) is 4.99 Å². The number of nitrogens with one attached hydrogen (secondary N) is 2. The molecule has 0 saturated carbocycles. The van der Waals surface area contributed by atoms with Crippen LogP contribution in [0.25, 0.3) is 0 Å². The van der Waals surface area contributed by atoms with Crippen LogP contribution in [-0.4, -0.2) is 50.3 Å². The standard InChI is InChI=1S/C19H31N5O.HI/c1-20-19(23-15-17-7-6-12-25-17)22-14-16-8-9-18(21-13-16)24-10-4-2-3-5-11-24;/h8-9,13,17H,2-7,10-12,14-15H2,1H3,(H2,20,22,23);1H. The van der Waals surface area contributed by atoms with Gasteiger partial charge in [0.1, 0.15) is 5.82 Å². The molecule has 2 aliphatic heterocycles. The molecule has 3 heterocycles. The van der Waals surface area contributed by atoms with Crippen molar-refractivity contribution in [1.82, 2.24) is 15.6 Å². The fraction of sp³-hybridized carbons (Fsp3) is 0.684. The van der Waals surface area contributed by atoms with Crippen LogP contribution in [0.15, 0.2) is 23.3 Å². The summed E-state index contributed by atoms with van der Waals surface area (Å²) in [5.41, 5.74) is 1.17. The molecular weight excluding hydrogens is 441 g/mol. The van der Waals surface area contributed by atoms with Crippen molar-refractivity contribution in [3.05, 3.63) is 23.9 Å². The van der Waals surface area contributed by atoms with E-state index < -0.39 is 0 Å². The van der Waals surface area contributed by atoms with Crippen molar-refractivity contribution in [3.63, 3.8) is 0 Å². The lowest BCUT2D eigenvalue weighted by Gasteiger charge is -2.21. The summed E-state index contributed by atoms with van der Waals surface area (Å²) < 4.78 is 5.63. The maximum Gasteiger partial charge on any atom is 0.191 e. The fourth-order valence-electron chi connectivity index (χ4n) is 3.43. The van der Waals surface area contributed by atoms with Gasteiger partial charge in [-0.15, -0.1) is 24.0 Å².